The van der Waals surface area contributed by atoms with Crippen molar-refractivity contribution in [2.45, 2.75) is 44.7 Å². The summed E-state index contributed by atoms with van der Waals surface area (Å²) in [5.41, 5.74) is 1.33. The van der Waals surface area contributed by atoms with Gasteiger partial charge in [0, 0.05) is 30.7 Å². The second kappa shape index (κ2) is 8.84. The van der Waals surface area contributed by atoms with Gasteiger partial charge in [-0.15, -0.1) is 0 Å². The highest BCUT2D eigenvalue weighted by Crippen LogP contribution is 2.29. The highest BCUT2D eigenvalue weighted by molar-refractivity contribution is 6.30. The van der Waals surface area contributed by atoms with E-state index in [2.05, 4.69) is 43.2 Å². The summed E-state index contributed by atoms with van der Waals surface area (Å²) in [7, 11) is 3.94. The number of halogens is 1. The average molecular weight is 352 g/mol. The summed E-state index contributed by atoms with van der Waals surface area (Å²) in [6, 6.07) is 8.42. The first-order chi connectivity index (χ1) is 11.4. The molecule has 0 aliphatic carbocycles. The number of hydrogen-bond acceptors (Lipinski definition) is 3. The second-order valence-corrected chi connectivity index (χ2v) is 7.46. The second-order valence-electron chi connectivity index (χ2n) is 7.03. The van der Waals surface area contributed by atoms with E-state index in [1.807, 2.05) is 24.1 Å². The fourth-order valence-electron chi connectivity index (χ4n) is 3.18. The minimum atomic E-state index is -0.135. The Kier molecular flexibility index (Phi) is 7.08. The maximum atomic E-state index is 12.8. The SMILES string of the molecule is CN[C@H](CN(C)C(C)C)C(=O)N1CCC(c2ccc(Cl)cc2)CC1. The quantitative estimate of drug-likeness (QED) is 0.855. The molecule has 0 aromatic heterocycles. The summed E-state index contributed by atoms with van der Waals surface area (Å²) in [6.07, 6.45) is 2.04. The number of likely N-dealkylation sites (tertiary alicyclic amines) is 1. The number of piperidine rings is 1. The number of amides is 1. The van der Waals surface area contributed by atoms with E-state index in [9.17, 15) is 4.79 Å². The van der Waals surface area contributed by atoms with Gasteiger partial charge in [-0.05, 0) is 64.4 Å². The first-order valence-electron chi connectivity index (χ1n) is 8.84. The van der Waals surface area contributed by atoms with E-state index >= 15 is 0 Å². The molecule has 0 unspecified atom stereocenters. The van der Waals surface area contributed by atoms with Crippen molar-refractivity contribution in [2.75, 3.05) is 33.7 Å². The van der Waals surface area contributed by atoms with Crippen molar-refractivity contribution in [1.29, 1.82) is 0 Å². The van der Waals surface area contributed by atoms with Crippen molar-refractivity contribution in [3.05, 3.63) is 34.9 Å². The number of likely N-dealkylation sites (N-methyl/N-ethyl adjacent to an activating group) is 2. The van der Waals surface area contributed by atoms with Crippen LogP contribution in [0.3, 0.4) is 0 Å². The Hall–Kier alpha value is -1.10. The van der Waals surface area contributed by atoms with Crippen molar-refractivity contribution in [2.24, 2.45) is 0 Å². The van der Waals surface area contributed by atoms with Crippen LogP contribution in [0.25, 0.3) is 0 Å². The van der Waals surface area contributed by atoms with E-state index in [-0.39, 0.29) is 11.9 Å². The molecule has 0 spiro atoms. The van der Waals surface area contributed by atoms with Crippen LogP contribution in [0.2, 0.25) is 5.02 Å². The molecule has 1 heterocycles. The molecule has 5 heteroatoms. The number of carbonyl (C=O) groups is 1. The van der Waals surface area contributed by atoms with Crippen LogP contribution in [0.15, 0.2) is 24.3 Å². The van der Waals surface area contributed by atoms with Gasteiger partial charge < -0.3 is 15.1 Å². The smallest absolute Gasteiger partial charge is 0.241 e. The summed E-state index contributed by atoms with van der Waals surface area (Å²) >= 11 is 5.97. The lowest BCUT2D eigenvalue weighted by Gasteiger charge is -2.35. The normalized spacial score (nSPS) is 17.5. The highest BCUT2D eigenvalue weighted by Gasteiger charge is 2.28. The Balaban J connectivity index is 1.90. The van der Waals surface area contributed by atoms with E-state index in [4.69, 9.17) is 11.6 Å². The van der Waals surface area contributed by atoms with E-state index in [0.717, 1.165) is 37.5 Å². The summed E-state index contributed by atoms with van der Waals surface area (Å²) in [6.45, 7) is 6.69. The third-order valence-electron chi connectivity index (χ3n) is 5.15. The van der Waals surface area contributed by atoms with Gasteiger partial charge in [-0.25, -0.2) is 0 Å². The molecule has 1 aliphatic heterocycles. The molecule has 0 saturated carbocycles. The standard InChI is InChI=1S/C19H30ClN3O/c1-14(2)22(4)13-18(21-3)19(24)23-11-9-16(10-12-23)15-5-7-17(20)8-6-15/h5-8,14,16,18,21H,9-13H2,1-4H3/t18-/m1/s1. The van der Waals surface area contributed by atoms with Gasteiger partial charge in [0.2, 0.25) is 5.91 Å². The van der Waals surface area contributed by atoms with Gasteiger partial charge in [0.05, 0.1) is 6.04 Å². The van der Waals surface area contributed by atoms with Crippen LogP contribution in [0.5, 0.6) is 0 Å². The minimum Gasteiger partial charge on any atom is -0.341 e. The predicted octanol–water partition coefficient (Wildman–Crippen LogP) is 2.97. The van der Waals surface area contributed by atoms with Gasteiger partial charge in [0.25, 0.3) is 0 Å². The molecule has 1 saturated heterocycles. The van der Waals surface area contributed by atoms with Crippen molar-refractivity contribution >= 4 is 17.5 Å². The van der Waals surface area contributed by atoms with E-state index in [1.54, 1.807) is 0 Å². The van der Waals surface area contributed by atoms with Crippen LogP contribution in [0.1, 0.15) is 38.2 Å². The van der Waals surface area contributed by atoms with E-state index < -0.39 is 0 Å². The van der Waals surface area contributed by atoms with Gasteiger partial charge in [-0.3, -0.25) is 4.79 Å². The molecule has 1 amide bonds. The van der Waals surface area contributed by atoms with Crippen LogP contribution >= 0.6 is 11.6 Å². The molecule has 134 valence electrons. The lowest BCUT2D eigenvalue weighted by atomic mass is 9.89. The summed E-state index contributed by atoms with van der Waals surface area (Å²) in [4.78, 5) is 17.0. The van der Waals surface area contributed by atoms with Crippen LogP contribution in [0.4, 0.5) is 0 Å². The van der Waals surface area contributed by atoms with Crippen LogP contribution in [0, 0.1) is 0 Å². The summed E-state index contributed by atoms with van der Waals surface area (Å²) in [5.74, 6) is 0.747. The number of hydrogen-bond donors (Lipinski definition) is 1. The van der Waals surface area contributed by atoms with Gasteiger partial charge in [-0.1, -0.05) is 23.7 Å². The molecular formula is C19H30ClN3O. The first-order valence-corrected chi connectivity index (χ1v) is 9.22. The molecule has 1 aromatic rings. The zero-order chi connectivity index (χ0) is 17.7. The molecule has 1 aliphatic rings. The molecule has 24 heavy (non-hydrogen) atoms. The third-order valence-corrected chi connectivity index (χ3v) is 5.40. The number of benzene rings is 1. The summed E-state index contributed by atoms with van der Waals surface area (Å²) in [5, 5.41) is 3.96. The Morgan fingerprint density at radius 1 is 1.29 bits per heavy atom. The molecule has 0 radical (unpaired) electrons. The molecule has 0 bridgehead atoms. The fourth-order valence-corrected chi connectivity index (χ4v) is 3.31. The zero-order valence-electron chi connectivity index (χ0n) is 15.3. The topological polar surface area (TPSA) is 35.6 Å². The van der Waals surface area contributed by atoms with Gasteiger partial charge in [0.1, 0.15) is 0 Å². The maximum Gasteiger partial charge on any atom is 0.241 e. The first kappa shape index (κ1) is 19.2. The number of nitrogens with zero attached hydrogens (tertiary/aromatic N) is 2. The predicted molar refractivity (Wildman–Crippen MR) is 101 cm³/mol. The van der Waals surface area contributed by atoms with E-state index in [0.29, 0.717) is 12.0 Å². The number of carbonyl (C=O) groups excluding carboxylic acids is 1. The Morgan fingerprint density at radius 2 is 1.88 bits per heavy atom. The molecular weight excluding hydrogens is 322 g/mol. The highest BCUT2D eigenvalue weighted by atomic mass is 35.5. The number of nitrogens with one attached hydrogen (secondary N) is 1. The van der Waals surface area contributed by atoms with Gasteiger partial charge >= 0.3 is 0 Å². The molecule has 1 fully saturated rings. The molecule has 4 nitrogen and oxygen atoms in total. The molecule has 1 atom stereocenters. The Bertz CT molecular complexity index is 524. The minimum absolute atomic E-state index is 0.135. The Morgan fingerprint density at radius 3 is 2.38 bits per heavy atom. The van der Waals surface area contributed by atoms with Crippen LogP contribution in [-0.4, -0.2) is 61.5 Å². The zero-order valence-corrected chi connectivity index (χ0v) is 16.0. The molecule has 2 rings (SSSR count). The van der Waals surface area contributed by atoms with E-state index in [1.165, 1.54) is 5.56 Å². The monoisotopic (exact) mass is 351 g/mol. The Labute approximate surface area is 151 Å². The van der Waals surface area contributed by atoms with Crippen molar-refractivity contribution in [3.8, 4) is 0 Å². The van der Waals surface area contributed by atoms with Crippen molar-refractivity contribution in [1.82, 2.24) is 15.1 Å². The average Bonchev–Trinajstić information content (AvgIpc) is 2.59. The lowest BCUT2D eigenvalue weighted by molar-refractivity contribution is -0.134. The van der Waals surface area contributed by atoms with Gasteiger partial charge in [-0.2, -0.15) is 0 Å². The lowest BCUT2D eigenvalue weighted by Crippen LogP contribution is -2.53. The third kappa shape index (κ3) is 4.95. The summed E-state index contributed by atoms with van der Waals surface area (Å²) < 4.78 is 0. The fraction of sp³-hybridized carbons (Fsp3) is 0.632. The van der Waals surface area contributed by atoms with Crippen molar-refractivity contribution in [3.63, 3.8) is 0 Å². The number of rotatable bonds is 6. The largest absolute Gasteiger partial charge is 0.341 e. The maximum absolute atomic E-state index is 12.8. The van der Waals surface area contributed by atoms with Crippen LogP contribution in [-0.2, 0) is 4.79 Å². The molecule has 1 N–H and O–H groups in total. The van der Waals surface area contributed by atoms with Gasteiger partial charge in [0.15, 0.2) is 0 Å². The van der Waals surface area contributed by atoms with Crippen molar-refractivity contribution < 1.29 is 4.79 Å². The van der Waals surface area contributed by atoms with Crippen LogP contribution < -0.4 is 5.32 Å². The molecule has 1 aromatic carbocycles.